The van der Waals surface area contributed by atoms with Crippen molar-refractivity contribution in [2.45, 2.75) is 24.2 Å². The van der Waals surface area contributed by atoms with Crippen LogP contribution in [0.15, 0.2) is 58.4 Å². The first kappa shape index (κ1) is 15.7. The molecule has 4 nitrogen and oxygen atoms in total. The van der Waals surface area contributed by atoms with Crippen LogP contribution in [0, 0.1) is 5.82 Å². The van der Waals surface area contributed by atoms with Gasteiger partial charge >= 0.3 is 0 Å². The zero-order chi connectivity index (χ0) is 16.7. The van der Waals surface area contributed by atoms with Crippen LogP contribution in [0.2, 0.25) is 0 Å². The molecule has 0 aromatic heterocycles. The maximum Gasteiger partial charge on any atom is 0.263 e. The second-order valence-electron chi connectivity index (χ2n) is 6.16. The molecule has 0 atom stereocenters. The fraction of sp³-hybridized carbons (Fsp3) is 0.235. The number of nitrogens with one attached hydrogen (secondary N) is 1. The van der Waals surface area contributed by atoms with Gasteiger partial charge in [0.05, 0.1) is 11.4 Å². The Kier molecular flexibility index (Phi) is 3.72. The van der Waals surface area contributed by atoms with E-state index in [2.05, 4.69) is 9.71 Å². The number of rotatable bonds is 3. The lowest BCUT2D eigenvalue weighted by molar-refractivity contribution is 0.531. The van der Waals surface area contributed by atoms with Crippen molar-refractivity contribution in [1.29, 1.82) is 0 Å². The zero-order valence-corrected chi connectivity index (χ0v) is 13.7. The predicted octanol–water partition coefficient (Wildman–Crippen LogP) is 2.84. The van der Waals surface area contributed by atoms with E-state index in [0.717, 1.165) is 5.56 Å². The summed E-state index contributed by atoms with van der Waals surface area (Å²) in [6, 6.07) is 13.1. The topological polar surface area (TPSA) is 58.5 Å². The third-order valence-electron chi connectivity index (χ3n) is 3.90. The molecule has 0 spiro atoms. The number of amidine groups is 1. The van der Waals surface area contributed by atoms with Crippen molar-refractivity contribution in [3.63, 3.8) is 0 Å². The van der Waals surface area contributed by atoms with Gasteiger partial charge in [-0.25, -0.2) is 12.8 Å². The number of sulfonamides is 1. The van der Waals surface area contributed by atoms with Crippen molar-refractivity contribution in [2.75, 3.05) is 6.54 Å². The van der Waals surface area contributed by atoms with Gasteiger partial charge in [-0.1, -0.05) is 38.1 Å². The molecule has 1 aliphatic heterocycles. The summed E-state index contributed by atoms with van der Waals surface area (Å²) in [4.78, 5) is 4.68. The highest BCUT2D eigenvalue weighted by Crippen LogP contribution is 2.26. The second kappa shape index (κ2) is 5.45. The molecule has 0 radical (unpaired) electrons. The van der Waals surface area contributed by atoms with Gasteiger partial charge < -0.3 is 0 Å². The molecule has 0 amide bonds. The summed E-state index contributed by atoms with van der Waals surface area (Å²) >= 11 is 0. The molecule has 0 saturated carbocycles. The van der Waals surface area contributed by atoms with E-state index >= 15 is 0 Å². The van der Waals surface area contributed by atoms with E-state index in [4.69, 9.17) is 0 Å². The van der Waals surface area contributed by atoms with Crippen LogP contribution < -0.4 is 4.72 Å². The fourth-order valence-corrected chi connectivity index (χ4v) is 3.78. The van der Waals surface area contributed by atoms with E-state index in [1.54, 1.807) is 30.3 Å². The van der Waals surface area contributed by atoms with Gasteiger partial charge in [-0.3, -0.25) is 9.71 Å². The summed E-state index contributed by atoms with van der Waals surface area (Å²) in [6.07, 6.45) is 0. The molecule has 0 fully saturated rings. The highest BCUT2D eigenvalue weighted by molar-refractivity contribution is 7.90. The van der Waals surface area contributed by atoms with E-state index in [1.165, 1.54) is 12.1 Å². The van der Waals surface area contributed by atoms with Crippen LogP contribution in [-0.4, -0.2) is 20.8 Å². The molecule has 0 bridgehead atoms. The van der Waals surface area contributed by atoms with Gasteiger partial charge in [-0.2, -0.15) is 0 Å². The standard InChI is InChI=1S/C17H17FN2O2S/c1-17(2,12-6-5-7-13(18)10-12)11-19-16-14-8-3-4-9-15(14)23(21,22)20-16/h3-10H,11H2,1-2H3,(H,19,20). The van der Waals surface area contributed by atoms with Gasteiger partial charge in [0.1, 0.15) is 11.7 Å². The zero-order valence-electron chi connectivity index (χ0n) is 12.9. The Bertz CT molecular complexity index is 889. The van der Waals surface area contributed by atoms with E-state index in [-0.39, 0.29) is 10.7 Å². The van der Waals surface area contributed by atoms with Crippen molar-refractivity contribution in [3.8, 4) is 0 Å². The molecule has 2 aromatic carbocycles. The largest absolute Gasteiger partial charge is 0.266 e. The number of aliphatic imine (C=N–C) groups is 1. The minimum absolute atomic E-state index is 0.238. The molecule has 0 unspecified atom stereocenters. The Hall–Kier alpha value is -2.21. The van der Waals surface area contributed by atoms with Crippen molar-refractivity contribution in [1.82, 2.24) is 4.72 Å². The first-order valence-electron chi connectivity index (χ1n) is 7.22. The fourth-order valence-electron chi connectivity index (χ4n) is 2.53. The lowest BCUT2D eigenvalue weighted by atomic mass is 9.85. The van der Waals surface area contributed by atoms with Gasteiger partial charge in [0, 0.05) is 11.0 Å². The van der Waals surface area contributed by atoms with Crippen LogP contribution in [-0.2, 0) is 15.4 Å². The number of fused-ring (bicyclic) bond motifs is 1. The number of hydrogen-bond donors (Lipinski definition) is 1. The SMILES string of the molecule is CC(C)(CN=C1NS(=O)(=O)c2ccccc21)c1cccc(F)c1. The van der Waals surface area contributed by atoms with Crippen LogP contribution in [0.1, 0.15) is 25.0 Å². The van der Waals surface area contributed by atoms with E-state index in [9.17, 15) is 12.8 Å². The monoisotopic (exact) mass is 332 g/mol. The Morgan fingerprint density at radius 1 is 1.13 bits per heavy atom. The Morgan fingerprint density at radius 2 is 1.87 bits per heavy atom. The first-order chi connectivity index (χ1) is 10.8. The van der Waals surface area contributed by atoms with Gasteiger partial charge in [0.15, 0.2) is 0 Å². The second-order valence-corrected chi connectivity index (χ2v) is 7.81. The predicted molar refractivity (Wildman–Crippen MR) is 87.6 cm³/mol. The average Bonchev–Trinajstić information content (AvgIpc) is 2.77. The highest BCUT2D eigenvalue weighted by atomic mass is 32.2. The maximum absolute atomic E-state index is 13.4. The third kappa shape index (κ3) is 2.99. The molecule has 2 aromatic rings. The molecule has 1 aliphatic rings. The molecule has 1 N–H and O–H groups in total. The lowest BCUT2D eigenvalue weighted by Gasteiger charge is -2.23. The molecule has 1 heterocycles. The molecule has 6 heteroatoms. The molecular formula is C17H17FN2O2S. The number of halogens is 1. The van der Waals surface area contributed by atoms with Crippen LogP contribution in [0.25, 0.3) is 0 Å². The summed E-state index contributed by atoms with van der Waals surface area (Å²) in [6.45, 7) is 4.23. The van der Waals surface area contributed by atoms with E-state index in [1.807, 2.05) is 19.9 Å². The van der Waals surface area contributed by atoms with Crippen LogP contribution in [0.3, 0.4) is 0 Å². The van der Waals surface area contributed by atoms with Crippen molar-refractivity contribution >= 4 is 15.9 Å². The number of hydrogen-bond acceptors (Lipinski definition) is 3. The molecule has 0 aliphatic carbocycles. The normalized spacial score (nSPS) is 17.8. The summed E-state index contributed by atoms with van der Waals surface area (Å²) in [7, 11) is -3.53. The third-order valence-corrected chi connectivity index (χ3v) is 5.30. The van der Waals surface area contributed by atoms with Crippen LogP contribution >= 0.6 is 0 Å². The van der Waals surface area contributed by atoms with Crippen molar-refractivity contribution in [2.24, 2.45) is 4.99 Å². The minimum Gasteiger partial charge on any atom is -0.266 e. The molecule has 120 valence electrons. The smallest absolute Gasteiger partial charge is 0.263 e. The van der Waals surface area contributed by atoms with E-state index in [0.29, 0.717) is 17.9 Å². The molecule has 0 saturated heterocycles. The van der Waals surface area contributed by atoms with E-state index < -0.39 is 15.4 Å². The quantitative estimate of drug-likeness (QED) is 0.939. The molecular weight excluding hydrogens is 315 g/mol. The van der Waals surface area contributed by atoms with Gasteiger partial charge in [-0.05, 0) is 29.8 Å². The Morgan fingerprint density at radius 3 is 2.61 bits per heavy atom. The number of nitrogens with zero attached hydrogens (tertiary/aromatic N) is 1. The number of benzene rings is 2. The van der Waals surface area contributed by atoms with Crippen molar-refractivity contribution in [3.05, 3.63) is 65.5 Å². The lowest BCUT2D eigenvalue weighted by Crippen LogP contribution is -2.26. The van der Waals surface area contributed by atoms with Crippen molar-refractivity contribution < 1.29 is 12.8 Å². The average molecular weight is 332 g/mol. The van der Waals surface area contributed by atoms with Gasteiger partial charge in [-0.15, -0.1) is 0 Å². The highest BCUT2D eigenvalue weighted by Gasteiger charge is 2.31. The van der Waals surface area contributed by atoms with Crippen LogP contribution in [0.5, 0.6) is 0 Å². The Labute approximate surface area is 135 Å². The summed E-state index contributed by atoms with van der Waals surface area (Å²) < 4.78 is 40.0. The summed E-state index contributed by atoms with van der Waals surface area (Å²) in [5, 5.41) is 0. The Balaban J connectivity index is 1.92. The molecule has 23 heavy (non-hydrogen) atoms. The van der Waals surface area contributed by atoms with Crippen LogP contribution in [0.4, 0.5) is 4.39 Å². The summed E-state index contributed by atoms with van der Waals surface area (Å²) in [5.74, 6) is 0.0419. The van der Waals surface area contributed by atoms with Gasteiger partial charge in [0.25, 0.3) is 10.0 Å². The minimum atomic E-state index is -3.53. The van der Waals surface area contributed by atoms with Gasteiger partial charge in [0.2, 0.25) is 0 Å². The first-order valence-corrected chi connectivity index (χ1v) is 8.71. The maximum atomic E-state index is 13.4. The summed E-state index contributed by atoms with van der Waals surface area (Å²) in [5.41, 5.74) is 0.969. The molecule has 3 rings (SSSR count).